The smallest absolute Gasteiger partial charge is 0.410 e. The van der Waals surface area contributed by atoms with E-state index in [1.807, 2.05) is 6.07 Å². The highest BCUT2D eigenvalue weighted by molar-refractivity contribution is 5.95. The highest BCUT2D eigenvalue weighted by atomic mass is 16.6. The van der Waals surface area contributed by atoms with Crippen molar-refractivity contribution in [3.05, 3.63) is 33.7 Å². The van der Waals surface area contributed by atoms with Gasteiger partial charge in [0.2, 0.25) is 0 Å². The van der Waals surface area contributed by atoms with Gasteiger partial charge in [-0.25, -0.2) is 4.79 Å². The summed E-state index contributed by atoms with van der Waals surface area (Å²) in [5, 5.41) is 9.74. The van der Waals surface area contributed by atoms with Crippen LogP contribution in [0.5, 0.6) is 0 Å². The van der Waals surface area contributed by atoms with Crippen LogP contribution in [0, 0.1) is 6.92 Å². The van der Waals surface area contributed by atoms with Gasteiger partial charge in [0.15, 0.2) is 0 Å². The van der Waals surface area contributed by atoms with Gasteiger partial charge in [0.25, 0.3) is 11.5 Å². The first kappa shape index (κ1) is 19.9. The number of aliphatic hydroxyl groups excluding tert-OH is 1. The molecule has 0 aromatic carbocycles. The standard InChI is InChI=1S/C21H29N3O5/c1-14-6-11-23(15-2-4-17(25)5-3-15)20(27)18(14)19(26)22-9-7-16(8-10-22)24-12-13-29-21(24)28/h6,11,15-17,25H,2-5,7-10,12-13H2,1H3. The van der Waals surface area contributed by atoms with Crippen LogP contribution in [0.3, 0.4) is 0 Å². The predicted octanol–water partition coefficient (Wildman–Crippen LogP) is 1.69. The fourth-order valence-electron chi connectivity index (χ4n) is 4.80. The number of aliphatic hydroxyl groups is 1. The highest BCUT2D eigenvalue weighted by Gasteiger charge is 2.34. The maximum absolute atomic E-state index is 13.2. The maximum Gasteiger partial charge on any atom is 0.410 e. The zero-order chi connectivity index (χ0) is 20.5. The Morgan fingerprint density at radius 1 is 1.03 bits per heavy atom. The summed E-state index contributed by atoms with van der Waals surface area (Å²) in [4.78, 5) is 41.6. The van der Waals surface area contributed by atoms with Gasteiger partial charge in [0.05, 0.1) is 12.6 Å². The van der Waals surface area contributed by atoms with Gasteiger partial charge in [-0.3, -0.25) is 9.59 Å². The van der Waals surface area contributed by atoms with Crippen LogP contribution < -0.4 is 5.56 Å². The molecule has 0 bridgehead atoms. The molecule has 4 rings (SSSR count). The predicted molar refractivity (Wildman–Crippen MR) is 106 cm³/mol. The molecule has 2 saturated heterocycles. The van der Waals surface area contributed by atoms with Crippen LogP contribution in [-0.2, 0) is 4.74 Å². The number of hydrogen-bond acceptors (Lipinski definition) is 5. The van der Waals surface area contributed by atoms with Gasteiger partial charge in [0.1, 0.15) is 12.2 Å². The molecule has 158 valence electrons. The lowest BCUT2D eigenvalue weighted by molar-refractivity contribution is 0.0654. The van der Waals surface area contributed by atoms with Gasteiger partial charge in [-0.2, -0.15) is 0 Å². The Hall–Kier alpha value is -2.35. The van der Waals surface area contributed by atoms with E-state index < -0.39 is 0 Å². The summed E-state index contributed by atoms with van der Waals surface area (Å²) in [7, 11) is 0. The molecule has 8 heteroatoms. The summed E-state index contributed by atoms with van der Waals surface area (Å²) in [6.07, 6.45) is 5.47. The number of carbonyl (C=O) groups is 2. The second kappa shape index (κ2) is 8.18. The molecule has 3 fully saturated rings. The molecule has 1 aliphatic carbocycles. The zero-order valence-corrected chi connectivity index (χ0v) is 16.9. The average Bonchev–Trinajstić information content (AvgIpc) is 3.15. The monoisotopic (exact) mass is 403 g/mol. The molecule has 3 heterocycles. The van der Waals surface area contributed by atoms with E-state index in [9.17, 15) is 19.5 Å². The Morgan fingerprint density at radius 3 is 2.34 bits per heavy atom. The Bertz CT molecular complexity index is 835. The molecular formula is C21H29N3O5. The van der Waals surface area contributed by atoms with E-state index >= 15 is 0 Å². The van der Waals surface area contributed by atoms with Crippen molar-refractivity contribution in [3.8, 4) is 0 Å². The van der Waals surface area contributed by atoms with Crippen LogP contribution in [0.25, 0.3) is 0 Å². The van der Waals surface area contributed by atoms with Gasteiger partial charge >= 0.3 is 6.09 Å². The molecule has 1 N–H and O–H groups in total. The number of piperidine rings is 1. The lowest BCUT2D eigenvalue weighted by Gasteiger charge is -2.35. The number of rotatable bonds is 3. The second-order valence-electron chi connectivity index (χ2n) is 8.38. The van der Waals surface area contributed by atoms with Gasteiger partial charge in [-0.05, 0) is 57.1 Å². The number of ether oxygens (including phenoxy) is 1. The average molecular weight is 403 g/mol. The molecule has 2 aliphatic heterocycles. The van der Waals surface area contributed by atoms with Gasteiger partial charge in [-0.15, -0.1) is 0 Å². The molecule has 2 amide bonds. The SMILES string of the molecule is Cc1ccn(C2CCC(O)CC2)c(=O)c1C(=O)N1CCC(N2CCOC2=O)CC1. The highest BCUT2D eigenvalue weighted by Crippen LogP contribution is 2.28. The van der Waals surface area contributed by atoms with Crippen molar-refractivity contribution >= 4 is 12.0 Å². The van der Waals surface area contributed by atoms with Crippen molar-refractivity contribution in [1.82, 2.24) is 14.4 Å². The van der Waals surface area contributed by atoms with E-state index in [-0.39, 0.29) is 41.3 Å². The first-order valence-corrected chi connectivity index (χ1v) is 10.6. The maximum atomic E-state index is 13.2. The van der Waals surface area contributed by atoms with Crippen molar-refractivity contribution in [2.75, 3.05) is 26.2 Å². The Balaban J connectivity index is 1.48. The molecule has 3 aliphatic rings. The van der Waals surface area contributed by atoms with Crippen LogP contribution in [0.15, 0.2) is 17.1 Å². The van der Waals surface area contributed by atoms with Crippen molar-refractivity contribution in [2.45, 2.75) is 63.6 Å². The first-order chi connectivity index (χ1) is 14.0. The van der Waals surface area contributed by atoms with Crippen molar-refractivity contribution in [1.29, 1.82) is 0 Å². The van der Waals surface area contributed by atoms with Crippen LogP contribution in [0.1, 0.15) is 60.5 Å². The van der Waals surface area contributed by atoms with Crippen LogP contribution >= 0.6 is 0 Å². The normalized spacial score (nSPS) is 25.9. The first-order valence-electron chi connectivity index (χ1n) is 10.6. The third kappa shape index (κ3) is 3.90. The number of likely N-dealkylation sites (tertiary alicyclic amines) is 1. The number of amides is 2. The largest absolute Gasteiger partial charge is 0.448 e. The van der Waals surface area contributed by atoms with E-state index in [1.165, 1.54) is 0 Å². The second-order valence-corrected chi connectivity index (χ2v) is 8.38. The molecule has 0 unspecified atom stereocenters. The minimum atomic E-state index is -0.289. The number of hydrogen-bond donors (Lipinski definition) is 1. The Labute approximate surface area is 170 Å². The van der Waals surface area contributed by atoms with E-state index in [1.54, 1.807) is 27.5 Å². The van der Waals surface area contributed by atoms with Crippen LogP contribution in [-0.4, -0.2) is 69.9 Å². The Kier molecular flexibility index (Phi) is 5.63. The van der Waals surface area contributed by atoms with Crippen molar-refractivity contribution in [2.24, 2.45) is 0 Å². The van der Waals surface area contributed by atoms with Gasteiger partial charge in [-0.1, -0.05) is 0 Å². The molecular weight excluding hydrogens is 374 g/mol. The van der Waals surface area contributed by atoms with E-state index in [0.717, 1.165) is 12.8 Å². The van der Waals surface area contributed by atoms with E-state index in [2.05, 4.69) is 0 Å². The molecule has 8 nitrogen and oxygen atoms in total. The van der Waals surface area contributed by atoms with Gasteiger partial charge < -0.3 is 24.2 Å². The molecule has 0 spiro atoms. The minimum Gasteiger partial charge on any atom is -0.448 e. The third-order valence-electron chi connectivity index (χ3n) is 6.59. The third-order valence-corrected chi connectivity index (χ3v) is 6.59. The number of carbonyl (C=O) groups excluding carboxylic acids is 2. The van der Waals surface area contributed by atoms with Crippen LogP contribution in [0.2, 0.25) is 0 Å². The number of aryl methyl sites for hydroxylation is 1. The molecule has 1 aromatic rings. The lowest BCUT2D eigenvalue weighted by atomic mass is 9.92. The molecule has 29 heavy (non-hydrogen) atoms. The zero-order valence-electron chi connectivity index (χ0n) is 16.9. The summed E-state index contributed by atoms with van der Waals surface area (Å²) in [5.74, 6) is -0.222. The topological polar surface area (TPSA) is 92.1 Å². The summed E-state index contributed by atoms with van der Waals surface area (Å²) in [6, 6.07) is 1.97. The van der Waals surface area contributed by atoms with E-state index in [0.29, 0.717) is 57.5 Å². The van der Waals surface area contributed by atoms with Crippen LogP contribution in [0.4, 0.5) is 4.79 Å². The number of cyclic esters (lactones) is 1. The number of nitrogens with zero attached hydrogens (tertiary/aromatic N) is 3. The fraction of sp³-hybridized carbons (Fsp3) is 0.667. The summed E-state index contributed by atoms with van der Waals surface area (Å²) < 4.78 is 6.70. The molecule has 0 atom stereocenters. The quantitative estimate of drug-likeness (QED) is 0.829. The fourth-order valence-corrected chi connectivity index (χ4v) is 4.80. The molecule has 1 saturated carbocycles. The molecule has 1 aromatic heterocycles. The lowest BCUT2D eigenvalue weighted by Crippen LogP contribution is -2.48. The number of pyridine rings is 1. The Morgan fingerprint density at radius 2 is 1.72 bits per heavy atom. The van der Waals surface area contributed by atoms with E-state index in [4.69, 9.17) is 4.74 Å². The summed E-state index contributed by atoms with van der Waals surface area (Å²) in [5.41, 5.74) is 0.705. The summed E-state index contributed by atoms with van der Waals surface area (Å²) in [6.45, 7) is 3.89. The van der Waals surface area contributed by atoms with Crippen molar-refractivity contribution < 1.29 is 19.4 Å². The minimum absolute atomic E-state index is 0.0324. The molecule has 0 radical (unpaired) electrons. The number of aromatic nitrogens is 1. The summed E-state index contributed by atoms with van der Waals surface area (Å²) >= 11 is 0. The van der Waals surface area contributed by atoms with Gasteiger partial charge in [0, 0.05) is 31.4 Å². The van der Waals surface area contributed by atoms with Crippen molar-refractivity contribution in [3.63, 3.8) is 0 Å².